The Bertz CT molecular complexity index is 366. The minimum absolute atomic E-state index is 0.474. The van der Waals surface area contributed by atoms with Gasteiger partial charge in [0.05, 0.1) is 5.69 Å². The van der Waals surface area contributed by atoms with E-state index in [1.807, 2.05) is 6.07 Å². The molecular weight excluding hydrogens is 214 g/mol. The van der Waals surface area contributed by atoms with Crippen LogP contribution in [0.2, 0.25) is 0 Å². The Morgan fingerprint density at radius 3 is 3.06 bits per heavy atom. The van der Waals surface area contributed by atoms with E-state index >= 15 is 0 Å². The predicted molar refractivity (Wildman–Crippen MR) is 68.8 cm³/mol. The summed E-state index contributed by atoms with van der Waals surface area (Å²) in [5, 5.41) is 0. The van der Waals surface area contributed by atoms with Gasteiger partial charge >= 0.3 is 0 Å². The highest BCUT2D eigenvalue weighted by atomic mass is 15.3. The quantitative estimate of drug-likeness (QED) is 0.822. The van der Waals surface area contributed by atoms with E-state index < -0.39 is 0 Å². The largest absolute Gasteiger partial charge is 0.337 e. The summed E-state index contributed by atoms with van der Waals surface area (Å²) in [6.45, 7) is 2.57. The zero-order valence-corrected chi connectivity index (χ0v) is 10.6. The van der Waals surface area contributed by atoms with E-state index in [0.717, 1.165) is 24.7 Å². The van der Waals surface area contributed by atoms with Crippen LogP contribution in [-0.2, 0) is 6.54 Å². The molecule has 0 radical (unpaired) electrons. The minimum atomic E-state index is 0.474. The van der Waals surface area contributed by atoms with Crippen LogP contribution in [0, 0.1) is 0 Å². The molecule has 2 N–H and O–H groups in total. The Labute approximate surface area is 103 Å². The zero-order valence-electron chi connectivity index (χ0n) is 10.6. The standard InChI is InChI=1S/C12H21N5/c1-16(2)9-11-4-3-7-17(11)12-14-6-5-10(8-13)15-12/h5-6,11H,3-4,7-9,13H2,1-2H3. The van der Waals surface area contributed by atoms with Gasteiger partial charge in [0.1, 0.15) is 0 Å². The first kappa shape index (κ1) is 12.3. The highest BCUT2D eigenvalue weighted by molar-refractivity contribution is 5.34. The Morgan fingerprint density at radius 1 is 1.53 bits per heavy atom. The number of nitrogens with two attached hydrogens (primary N) is 1. The second-order valence-corrected chi connectivity index (χ2v) is 4.80. The van der Waals surface area contributed by atoms with Crippen molar-refractivity contribution in [2.75, 3.05) is 32.1 Å². The van der Waals surface area contributed by atoms with E-state index in [-0.39, 0.29) is 0 Å². The molecule has 2 heterocycles. The first-order chi connectivity index (χ1) is 8.20. The molecule has 5 heteroatoms. The van der Waals surface area contributed by atoms with Crippen molar-refractivity contribution in [3.8, 4) is 0 Å². The summed E-state index contributed by atoms with van der Waals surface area (Å²) in [6.07, 6.45) is 4.23. The van der Waals surface area contributed by atoms with Crippen molar-refractivity contribution in [3.05, 3.63) is 18.0 Å². The number of likely N-dealkylation sites (N-methyl/N-ethyl adjacent to an activating group) is 1. The van der Waals surface area contributed by atoms with Crippen LogP contribution in [-0.4, -0.2) is 48.1 Å². The topological polar surface area (TPSA) is 58.3 Å². The lowest BCUT2D eigenvalue weighted by atomic mass is 10.2. The molecule has 1 saturated heterocycles. The zero-order chi connectivity index (χ0) is 12.3. The molecule has 0 amide bonds. The number of hydrogen-bond acceptors (Lipinski definition) is 5. The van der Waals surface area contributed by atoms with Gasteiger partial charge in [-0.25, -0.2) is 9.97 Å². The molecule has 2 rings (SSSR count). The van der Waals surface area contributed by atoms with Gasteiger partial charge in [0.15, 0.2) is 0 Å². The van der Waals surface area contributed by atoms with Gasteiger partial charge in [-0.1, -0.05) is 0 Å². The Morgan fingerprint density at radius 2 is 2.35 bits per heavy atom. The minimum Gasteiger partial charge on any atom is -0.337 e. The van der Waals surface area contributed by atoms with Gasteiger partial charge in [-0.15, -0.1) is 0 Å². The van der Waals surface area contributed by atoms with Gasteiger partial charge in [0, 0.05) is 31.9 Å². The average Bonchev–Trinajstić information content (AvgIpc) is 2.76. The highest BCUT2D eigenvalue weighted by Crippen LogP contribution is 2.22. The predicted octanol–water partition coefficient (Wildman–Crippen LogP) is 0.466. The third-order valence-corrected chi connectivity index (χ3v) is 3.12. The van der Waals surface area contributed by atoms with Gasteiger partial charge in [-0.05, 0) is 33.0 Å². The lowest BCUT2D eigenvalue weighted by Crippen LogP contribution is -2.38. The average molecular weight is 235 g/mol. The number of aromatic nitrogens is 2. The summed E-state index contributed by atoms with van der Waals surface area (Å²) >= 11 is 0. The van der Waals surface area contributed by atoms with Crippen molar-refractivity contribution in [2.45, 2.75) is 25.4 Å². The van der Waals surface area contributed by atoms with Gasteiger partial charge in [-0.2, -0.15) is 0 Å². The summed E-state index contributed by atoms with van der Waals surface area (Å²) in [7, 11) is 4.21. The van der Waals surface area contributed by atoms with E-state index in [1.54, 1.807) is 6.20 Å². The molecule has 17 heavy (non-hydrogen) atoms. The molecule has 0 aliphatic carbocycles. The van der Waals surface area contributed by atoms with Crippen LogP contribution in [0.25, 0.3) is 0 Å². The van der Waals surface area contributed by atoms with Gasteiger partial charge in [-0.3, -0.25) is 0 Å². The first-order valence-electron chi connectivity index (χ1n) is 6.14. The molecule has 1 aliphatic heterocycles. The second-order valence-electron chi connectivity index (χ2n) is 4.80. The highest BCUT2D eigenvalue weighted by Gasteiger charge is 2.26. The molecule has 0 saturated carbocycles. The van der Waals surface area contributed by atoms with Gasteiger partial charge in [0.2, 0.25) is 5.95 Å². The number of rotatable bonds is 4. The smallest absolute Gasteiger partial charge is 0.225 e. The fourth-order valence-corrected chi connectivity index (χ4v) is 2.35. The maximum atomic E-state index is 5.62. The van der Waals surface area contributed by atoms with Crippen molar-refractivity contribution < 1.29 is 0 Å². The SMILES string of the molecule is CN(C)CC1CCCN1c1nccc(CN)n1. The summed E-state index contributed by atoms with van der Waals surface area (Å²) in [5.74, 6) is 0.831. The third kappa shape index (κ3) is 2.92. The van der Waals surface area contributed by atoms with E-state index in [1.165, 1.54) is 12.8 Å². The molecular formula is C12H21N5. The molecule has 0 spiro atoms. The van der Waals surface area contributed by atoms with Crippen LogP contribution in [0.15, 0.2) is 12.3 Å². The molecule has 1 aliphatic rings. The molecule has 1 unspecified atom stereocenters. The van der Waals surface area contributed by atoms with Crippen molar-refractivity contribution in [1.82, 2.24) is 14.9 Å². The van der Waals surface area contributed by atoms with Crippen LogP contribution in [0.3, 0.4) is 0 Å². The summed E-state index contributed by atoms with van der Waals surface area (Å²) < 4.78 is 0. The van der Waals surface area contributed by atoms with Crippen LogP contribution < -0.4 is 10.6 Å². The fraction of sp³-hybridized carbons (Fsp3) is 0.667. The molecule has 0 bridgehead atoms. The number of hydrogen-bond donors (Lipinski definition) is 1. The Kier molecular flexibility index (Phi) is 3.91. The lowest BCUT2D eigenvalue weighted by Gasteiger charge is -2.27. The monoisotopic (exact) mass is 235 g/mol. The van der Waals surface area contributed by atoms with E-state index in [0.29, 0.717) is 12.6 Å². The first-order valence-corrected chi connectivity index (χ1v) is 6.14. The summed E-state index contributed by atoms with van der Waals surface area (Å²) in [4.78, 5) is 13.4. The maximum absolute atomic E-state index is 5.62. The van der Waals surface area contributed by atoms with Crippen molar-refractivity contribution in [2.24, 2.45) is 5.73 Å². The van der Waals surface area contributed by atoms with Crippen LogP contribution in [0.1, 0.15) is 18.5 Å². The van der Waals surface area contributed by atoms with Crippen molar-refractivity contribution >= 4 is 5.95 Å². The molecule has 5 nitrogen and oxygen atoms in total. The molecule has 0 aromatic carbocycles. The molecule has 1 aromatic heterocycles. The summed E-state index contributed by atoms with van der Waals surface area (Å²) in [5.41, 5.74) is 6.52. The van der Waals surface area contributed by atoms with E-state index in [9.17, 15) is 0 Å². The van der Waals surface area contributed by atoms with Crippen molar-refractivity contribution in [3.63, 3.8) is 0 Å². The van der Waals surface area contributed by atoms with Crippen LogP contribution >= 0.6 is 0 Å². The normalized spacial score (nSPS) is 20.2. The fourth-order valence-electron chi connectivity index (χ4n) is 2.35. The van der Waals surface area contributed by atoms with Gasteiger partial charge < -0.3 is 15.5 Å². The Balaban J connectivity index is 2.14. The summed E-state index contributed by atoms with van der Waals surface area (Å²) in [6, 6.07) is 2.40. The van der Waals surface area contributed by atoms with E-state index in [2.05, 4.69) is 33.9 Å². The molecule has 1 aromatic rings. The number of nitrogens with zero attached hydrogens (tertiary/aromatic N) is 4. The molecule has 1 atom stereocenters. The maximum Gasteiger partial charge on any atom is 0.225 e. The van der Waals surface area contributed by atoms with Crippen molar-refractivity contribution in [1.29, 1.82) is 0 Å². The Hall–Kier alpha value is -1.20. The van der Waals surface area contributed by atoms with Crippen LogP contribution in [0.5, 0.6) is 0 Å². The molecule has 1 fully saturated rings. The third-order valence-electron chi connectivity index (χ3n) is 3.12. The van der Waals surface area contributed by atoms with Gasteiger partial charge in [0.25, 0.3) is 0 Å². The second kappa shape index (κ2) is 5.42. The van der Waals surface area contributed by atoms with E-state index in [4.69, 9.17) is 5.73 Å². The number of anilines is 1. The lowest BCUT2D eigenvalue weighted by molar-refractivity contribution is 0.371. The van der Waals surface area contributed by atoms with Crippen LogP contribution in [0.4, 0.5) is 5.95 Å². The molecule has 94 valence electrons.